The summed E-state index contributed by atoms with van der Waals surface area (Å²) >= 11 is 0. The van der Waals surface area contributed by atoms with Crippen LogP contribution in [0.2, 0.25) is 0 Å². The molecule has 1 N–H and O–H groups in total. The summed E-state index contributed by atoms with van der Waals surface area (Å²) in [6.45, 7) is 2.91. The van der Waals surface area contributed by atoms with Gasteiger partial charge in [0.1, 0.15) is 11.5 Å². The van der Waals surface area contributed by atoms with Crippen molar-refractivity contribution in [2.75, 3.05) is 11.9 Å². The molecule has 2 aromatic carbocycles. The van der Waals surface area contributed by atoms with Gasteiger partial charge < -0.3 is 10.1 Å². The van der Waals surface area contributed by atoms with E-state index in [1.54, 1.807) is 12.4 Å². The third-order valence-electron chi connectivity index (χ3n) is 3.07. The SMILES string of the molecule is CCNc1cncc(Oc2cccc3ccccc23)c1. The zero-order valence-electron chi connectivity index (χ0n) is 11.3. The maximum Gasteiger partial charge on any atom is 0.147 e. The number of pyridine rings is 1. The summed E-state index contributed by atoms with van der Waals surface area (Å²) in [4.78, 5) is 4.19. The molecule has 0 aliphatic rings. The lowest BCUT2D eigenvalue weighted by molar-refractivity contribution is 0.486. The highest BCUT2D eigenvalue weighted by Gasteiger charge is 2.03. The van der Waals surface area contributed by atoms with Crippen LogP contribution in [-0.2, 0) is 0 Å². The smallest absolute Gasteiger partial charge is 0.147 e. The van der Waals surface area contributed by atoms with Crippen molar-refractivity contribution < 1.29 is 4.74 Å². The molecule has 0 saturated heterocycles. The Kier molecular flexibility index (Phi) is 3.50. The average Bonchev–Trinajstić information content (AvgIpc) is 2.48. The summed E-state index contributed by atoms with van der Waals surface area (Å²) < 4.78 is 5.98. The Morgan fingerprint density at radius 2 is 1.90 bits per heavy atom. The predicted molar refractivity (Wildman–Crippen MR) is 82.4 cm³/mol. The number of fused-ring (bicyclic) bond motifs is 1. The molecule has 0 saturated carbocycles. The van der Waals surface area contributed by atoms with E-state index in [0.29, 0.717) is 0 Å². The van der Waals surface area contributed by atoms with E-state index in [0.717, 1.165) is 29.1 Å². The number of rotatable bonds is 4. The number of hydrogen-bond acceptors (Lipinski definition) is 3. The van der Waals surface area contributed by atoms with Crippen LogP contribution in [0.1, 0.15) is 6.92 Å². The summed E-state index contributed by atoms with van der Waals surface area (Å²) in [5.74, 6) is 1.58. The summed E-state index contributed by atoms with van der Waals surface area (Å²) in [7, 11) is 0. The van der Waals surface area contributed by atoms with E-state index < -0.39 is 0 Å². The lowest BCUT2D eigenvalue weighted by Crippen LogP contribution is -1.97. The highest BCUT2D eigenvalue weighted by atomic mass is 16.5. The average molecular weight is 264 g/mol. The van der Waals surface area contributed by atoms with Gasteiger partial charge in [0.25, 0.3) is 0 Å². The van der Waals surface area contributed by atoms with Gasteiger partial charge in [0.05, 0.1) is 18.1 Å². The normalized spacial score (nSPS) is 10.4. The highest BCUT2D eigenvalue weighted by Crippen LogP contribution is 2.30. The van der Waals surface area contributed by atoms with E-state index in [9.17, 15) is 0 Å². The van der Waals surface area contributed by atoms with Crippen LogP contribution in [0.3, 0.4) is 0 Å². The third kappa shape index (κ3) is 2.57. The van der Waals surface area contributed by atoms with Crippen molar-refractivity contribution >= 4 is 16.5 Å². The molecule has 3 aromatic rings. The third-order valence-corrected chi connectivity index (χ3v) is 3.07. The number of aromatic nitrogens is 1. The molecule has 0 fully saturated rings. The van der Waals surface area contributed by atoms with Crippen LogP contribution in [0.4, 0.5) is 5.69 Å². The molecule has 0 radical (unpaired) electrons. The number of anilines is 1. The van der Waals surface area contributed by atoms with E-state index in [4.69, 9.17) is 4.74 Å². The van der Waals surface area contributed by atoms with Crippen molar-refractivity contribution in [3.63, 3.8) is 0 Å². The molecule has 1 aromatic heterocycles. The first kappa shape index (κ1) is 12.5. The van der Waals surface area contributed by atoms with Gasteiger partial charge in [0, 0.05) is 18.0 Å². The molecule has 100 valence electrons. The molecule has 1 heterocycles. The highest BCUT2D eigenvalue weighted by molar-refractivity contribution is 5.88. The van der Waals surface area contributed by atoms with Crippen molar-refractivity contribution in [3.05, 3.63) is 60.9 Å². The standard InChI is InChI=1S/C17H16N2O/c1-2-19-14-10-15(12-18-11-14)20-17-9-5-7-13-6-3-4-8-16(13)17/h3-12,19H,2H2,1H3. The number of nitrogens with one attached hydrogen (secondary N) is 1. The zero-order chi connectivity index (χ0) is 13.8. The topological polar surface area (TPSA) is 34.2 Å². The fourth-order valence-electron chi connectivity index (χ4n) is 2.19. The molecule has 0 spiro atoms. The maximum absolute atomic E-state index is 5.98. The van der Waals surface area contributed by atoms with E-state index in [1.807, 2.05) is 30.3 Å². The summed E-state index contributed by atoms with van der Waals surface area (Å²) in [6.07, 6.45) is 3.52. The molecule has 0 aliphatic carbocycles. The molecule has 0 bridgehead atoms. The van der Waals surface area contributed by atoms with E-state index in [1.165, 1.54) is 5.39 Å². The molecule has 20 heavy (non-hydrogen) atoms. The molecular formula is C17H16N2O. The molecule has 0 atom stereocenters. The fraction of sp³-hybridized carbons (Fsp3) is 0.118. The van der Waals surface area contributed by atoms with Crippen molar-refractivity contribution in [1.29, 1.82) is 0 Å². The van der Waals surface area contributed by atoms with Crippen LogP contribution in [0.15, 0.2) is 60.9 Å². The van der Waals surface area contributed by atoms with Gasteiger partial charge in [-0.25, -0.2) is 0 Å². The van der Waals surface area contributed by atoms with Gasteiger partial charge in [-0.15, -0.1) is 0 Å². The lowest BCUT2D eigenvalue weighted by atomic mass is 10.1. The number of hydrogen-bond donors (Lipinski definition) is 1. The molecule has 0 unspecified atom stereocenters. The second kappa shape index (κ2) is 5.61. The Hall–Kier alpha value is -2.55. The van der Waals surface area contributed by atoms with Crippen molar-refractivity contribution in [2.24, 2.45) is 0 Å². The quantitative estimate of drug-likeness (QED) is 0.755. The summed E-state index contributed by atoms with van der Waals surface area (Å²) in [5.41, 5.74) is 0.963. The Bertz CT molecular complexity index is 720. The second-order valence-electron chi connectivity index (χ2n) is 4.52. The van der Waals surface area contributed by atoms with E-state index in [-0.39, 0.29) is 0 Å². The number of nitrogens with zero attached hydrogens (tertiary/aromatic N) is 1. The predicted octanol–water partition coefficient (Wildman–Crippen LogP) is 4.46. The first-order valence-electron chi connectivity index (χ1n) is 6.71. The van der Waals surface area contributed by atoms with Gasteiger partial charge in [-0.1, -0.05) is 36.4 Å². The minimum atomic E-state index is 0.736. The Balaban J connectivity index is 1.95. The van der Waals surface area contributed by atoms with Crippen LogP contribution in [0.5, 0.6) is 11.5 Å². The monoisotopic (exact) mass is 264 g/mol. The summed E-state index contributed by atoms with van der Waals surface area (Å²) in [6, 6.07) is 16.2. The summed E-state index contributed by atoms with van der Waals surface area (Å²) in [5, 5.41) is 5.50. The molecule has 3 nitrogen and oxygen atoms in total. The van der Waals surface area contributed by atoms with Gasteiger partial charge in [-0.05, 0) is 18.4 Å². The molecule has 3 heteroatoms. The Morgan fingerprint density at radius 1 is 1.05 bits per heavy atom. The van der Waals surface area contributed by atoms with Gasteiger partial charge in [-0.3, -0.25) is 4.98 Å². The van der Waals surface area contributed by atoms with Crippen molar-refractivity contribution in [2.45, 2.75) is 6.92 Å². The molecule has 3 rings (SSSR count). The van der Waals surface area contributed by atoms with Gasteiger partial charge in [0.2, 0.25) is 0 Å². The largest absolute Gasteiger partial charge is 0.455 e. The first-order chi connectivity index (χ1) is 9.86. The lowest BCUT2D eigenvalue weighted by Gasteiger charge is -2.10. The molecule has 0 amide bonds. The van der Waals surface area contributed by atoms with E-state index >= 15 is 0 Å². The van der Waals surface area contributed by atoms with Crippen LogP contribution < -0.4 is 10.1 Å². The maximum atomic E-state index is 5.98. The van der Waals surface area contributed by atoms with Crippen LogP contribution >= 0.6 is 0 Å². The van der Waals surface area contributed by atoms with Gasteiger partial charge >= 0.3 is 0 Å². The first-order valence-corrected chi connectivity index (χ1v) is 6.71. The van der Waals surface area contributed by atoms with Gasteiger partial charge in [0.15, 0.2) is 0 Å². The van der Waals surface area contributed by atoms with Crippen LogP contribution in [0.25, 0.3) is 10.8 Å². The minimum Gasteiger partial charge on any atom is -0.455 e. The number of benzene rings is 2. The molecule has 0 aliphatic heterocycles. The van der Waals surface area contributed by atoms with Crippen LogP contribution in [-0.4, -0.2) is 11.5 Å². The number of ether oxygens (including phenoxy) is 1. The minimum absolute atomic E-state index is 0.736. The van der Waals surface area contributed by atoms with Crippen LogP contribution in [0, 0.1) is 0 Å². The Labute approximate surface area is 118 Å². The second-order valence-corrected chi connectivity index (χ2v) is 4.52. The molecular weight excluding hydrogens is 248 g/mol. The Morgan fingerprint density at radius 3 is 2.80 bits per heavy atom. The zero-order valence-corrected chi connectivity index (χ0v) is 11.3. The van der Waals surface area contributed by atoms with Crippen molar-refractivity contribution in [1.82, 2.24) is 4.98 Å². The van der Waals surface area contributed by atoms with E-state index in [2.05, 4.69) is 35.4 Å². The van der Waals surface area contributed by atoms with Crippen molar-refractivity contribution in [3.8, 4) is 11.5 Å². The van der Waals surface area contributed by atoms with Gasteiger partial charge in [-0.2, -0.15) is 0 Å². The fourth-order valence-corrected chi connectivity index (χ4v) is 2.19.